The molecule has 1 aromatic heterocycles. The Morgan fingerprint density at radius 2 is 2.05 bits per heavy atom. The zero-order chi connectivity index (χ0) is 13.9. The standard InChI is InChI=1S/C12H10BrFN2O2S/c13-10-3-1-2-9(4-10)6-16-19(17,18)12-5-11(14)7-15-8-12/h1-5,7-8,16H,6H2. The van der Waals surface area contributed by atoms with E-state index < -0.39 is 15.8 Å². The third-order valence-corrected chi connectivity index (χ3v) is 4.21. The first-order valence-corrected chi connectivity index (χ1v) is 7.60. The topological polar surface area (TPSA) is 59.1 Å². The van der Waals surface area contributed by atoms with Crippen LogP contribution in [0.1, 0.15) is 5.56 Å². The van der Waals surface area contributed by atoms with Gasteiger partial charge in [0.05, 0.1) is 6.20 Å². The summed E-state index contributed by atoms with van der Waals surface area (Å²) in [6.45, 7) is 0.123. The van der Waals surface area contributed by atoms with Crippen molar-refractivity contribution in [3.63, 3.8) is 0 Å². The highest BCUT2D eigenvalue weighted by Gasteiger charge is 2.14. The lowest BCUT2D eigenvalue weighted by Gasteiger charge is -2.06. The summed E-state index contributed by atoms with van der Waals surface area (Å²) in [4.78, 5) is 3.33. The van der Waals surface area contributed by atoms with E-state index in [4.69, 9.17) is 0 Å². The van der Waals surface area contributed by atoms with Crippen molar-refractivity contribution in [2.75, 3.05) is 0 Å². The zero-order valence-electron chi connectivity index (χ0n) is 9.68. The molecule has 0 fully saturated rings. The van der Waals surface area contributed by atoms with Crippen LogP contribution in [0.4, 0.5) is 4.39 Å². The quantitative estimate of drug-likeness (QED) is 0.926. The Morgan fingerprint density at radius 3 is 2.74 bits per heavy atom. The summed E-state index contributed by atoms with van der Waals surface area (Å²) in [5, 5.41) is 0. The Labute approximate surface area is 118 Å². The molecule has 0 radical (unpaired) electrons. The molecule has 0 aliphatic rings. The minimum atomic E-state index is -3.76. The number of sulfonamides is 1. The highest BCUT2D eigenvalue weighted by molar-refractivity contribution is 9.10. The third-order valence-electron chi connectivity index (χ3n) is 2.35. The van der Waals surface area contributed by atoms with Crippen molar-refractivity contribution in [2.24, 2.45) is 0 Å². The van der Waals surface area contributed by atoms with Gasteiger partial charge in [0.2, 0.25) is 10.0 Å². The second kappa shape index (κ2) is 5.77. The highest BCUT2D eigenvalue weighted by Crippen LogP contribution is 2.13. The van der Waals surface area contributed by atoms with Crippen molar-refractivity contribution in [3.05, 3.63) is 58.6 Å². The van der Waals surface area contributed by atoms with E-state index >= 15 is 0 Å². The number of hydrogen-bond donors (Lipinski definition) is 1. The van der Waals surface area contributed by atoms with Gasteiger partial charge in [0.1, 0.15) is 10.7 Å². The zero-order valence-corrected chi connectivity index (χ0v) is 12.1. The molecule has 4 nitrogen and oxygen atoms in total. The molecule has 100 valence electrons. The fourth-order valence-electron chi connectivity index (χ4n) is 1.45. The molecule has 2 rings (SSSR count). The summed E-state index contributed by atoms with van der Waals surface area (Å²) >= 11 is 3.30. The highest BCUT2D eigenvalue weighted by atomic mass is 79.9. The van der Waals surface area contributed by atoms with E-state index in [9.17, 15) is 12.8 Å². The molecule has 0 saturated heterocycles. The lowest BCUT2D eigenvalue weighted by Crippen LogP contribution is -2.23. The molecule has 19 heavy (non-hydrogen) atoms. The molecule has 0 aliphatic carbocycles. The smallest absolute Gasteiger partial charge is 0.242 e. The Balaban J connectivity index is 2.14. The first-order valence-electron chi connectivity index (χ1n) is 5.32. The van der Waals surface area contributed by atoms with E-state index in [0.29, 0.717) is 0 Å². The number of aromatic nitrogens is 1. The molecule has 0 amide bonds. The van der Waals surface area contributed by atoms with Crippen molar-refractivity contribution in [3.8, 4) is 0 Å². The van der Waals surface area contributed by atoms with Gasteiger partial charge in [0.15, 0.2) is 0 Å². The van der Waals surface area contributed by atoms with Crippen LogP contribution in [0.3, 0.4) is 0 Å². The molecular weight excluding hydrogens is 335 g/mol. The minimum Gasteiger partial charge on any atom is -0.260 e. The van der Waals surface area contributed by atoms with Crippen LogP contribution in [0.15, 0.2) is 52.1 Å². The van der Waals surface area contributed by atoms with E-state index in [0.717, 1.165) is 28.5 Å². The third kappa shape index (κ3) is 3.82. The average Bonchev–Trinajstić information content (AvgIpc) is 2.37. The maximum Gasteiger partial charge on any atom is 0.242 e. The van der Waals surface area contributed by atoms with Crippen LogP contribution in [0.5, 0.6) is 0 Å². The minimum absolute atomic E-state index is 0.123. The van der Waals surface area contributed by atoms with Gasteiger partial charge in [-0.3, -0.25) is 4.98 Å². The van der Waals surface area contributed by atoms with E-state index in [-0.39, 0.29) is 11.4 Å². The summed E-state index contributed by atoms with van der Waals surface area (Å²) < 4.78 is 40.0. The molecule has 1 N–H and O–H groups in total. The number of halogens is 2. The second-order valence-corrected chi connectivity index (χ2v) is 6.48. The first kappa shape index (κ1) is 14.1. The summed E-state index contributed by atoms with van der Waals surface area (Å²) in [5.41, 5.74) is 0.794. The predicted octanol–water partition coefficient (Wildman–Crippen LogP) is 2.46. The van der Waals surface area contributed by atoms with Crippen LogP contribution in [0.2, 0.25) is 0 Å². The molecule has 2 aromatic rings. The molecule has 0 bridgehead atoms. The maximum absolute atomic E-state index is 13.0. The number of hydrogen-bond acceptors (Lipinski definition) is 3. The van der Waals surface area contributed by atoms with Gasteiger partial charge in [-0.25, -0.2) is 17.5 Å². The largest absolute Gasteiger partial charge is 0.260 e. The summed E-state index contributed by atoms with van der Waals surface area (Å²) in [6.07, 6.45) is 2.06. The SMILES string of the molecule is O=S(=O)(NCc1cccc(Br)c1)c1cncc(F)c1. The number of nitrogens with zero attached hydrogens (tertiary/aromatic N) is 1. The van der Waals surface area contributed by atoms with Gasteiger partial charge < -0.3 is 0 Å². The van der Waals surface area contributed by atoms with Crippen LogP contribution in [-0.2, 0) is 16.6 Å². The fraction of sp³-hybridized carbons (Fsp3) is 0.0833. The van der Waals surface area contributed by atoms with Crippen LogP contribution in [0.25, 0.3) is 0 Å². The summed E-state index contributed by atoms with van der Waals surface area (Å²) in [5.74, 6) is -0.690. The number of benzene rings is 1. The maximum atomic E-state index is 13.0. The average molecular weight is 345 g/mol. The van der Waals surface area contributed by atoms with E-state index in [1.54, 1.807) is 18.2 Å². The predicted molar refractivity (Wildman–Crippen MR) is 72.4 cm³/mol. The second-order valence-electron chi connectivity index (χ2n) is 3.79. The van der Waals surface area contributed by atoms with Crippen molar-refractivity contribution < 1.29 is 12.8 Å². The molecule has 0 aliphatic heterocycles. The van der Waals surface area contributed by atoms with Crippen molar-refractivity contribution in [1.82, 2.24) is 9.71 Å². The first-order chi connectivity index (χ1) is 8.97. The van der Waals surface area contributed by atoms with Gasteiger partial charge in [-0.15, -0.1) is 0 Å². The molecule has 0 saturated carbocycles. The van der Waals surface area contributed by atoms with Crippen molar-refractivity contribution >= 4 is 26.0 Å². The van der Waals surface area contributed by atoms with E-state index in [2.05, 4.69) is 25.6 Å². The van der Waals surface area contributed by atoms with Gasteiger partial charge in [-0.2, -0.15) is 0 Å². The Kier molecular flexibility index (Phi) is 4.28. The molecule has 1 heterocycles. The van der Waals surface area contributed by atoms with Crippen LogP contribution in [-0.4, -0.2) is 13.4 Å². The number of rotatable bonds is 4. The lowest BCUT2D eigenvalue weighted by atomic mass is 10.2. The molecule has 0 atom stereocenters. The van der Waals surface area contributed by atoms with Gasteiger partial charge in [-0.1, -0.05) is 28.1 Å². The van der Waals surface area contributed by atoms with Gasteiger partial charge in [0, 0.05) is 17.2 Å². The Bertz CT molecular complexity index is 692. The number of nitrogens with one attached hydrogen (secondary N) is 1. The molecule has 0 unspecified atom stereocenters. The van der Waals surface area contributed by atoms with Crippen molar-refractivity contribution in [1.29, 1.82) is 0 Å². The monoisotopic (exact) mass is 344 g/mol. The van der Waals surface area contributed by atoms with Crippen molar-refractivity contribution in [2.45, 2.75) is 11.4 Å². The molecule has 7 heteroatoms. The van der Waals surface area contributed by atoms with E-state index in [1.807, 2.05) is 6.07 Å². The van der Waals surface area contributed by atoms with Gasteiger partial charge >= 0.3 is 0 Å². The van der Waals surface area contributed by atoms with E-state index in [1.165, 1.54) is 0 Å². The van der Waals surface area contributed by atoms with Crippen LogP contribution >= 0.6 is 15.9 Å². The lowest BCUT2D eigenvalue weighted by molar-refractivity contribution is 0.575. The molecular formula is C12H10BrFN2O2S. The Hall–Kier alpha value is -1.31. The normalized spacial score (nSPS) is 11.5. The summed E-state index contributed by atoms with van der Waals surface area (Å²) in [6, 6.07) is 8.16. The summed E-state index contributed by atoms with van der Waals surface area (Å²) in [7, 11) is -3.76. The van der Waals surface area contributed by atoms with Crippen LogP contribution < -0.4 is 4.72 Å². The van der Waals surface area contributed by atoms with Crippen LogP contribution in [0, 0.1) is 5.82 Å². The molecule has 1 aromatic carbocycles. The number of pyridine rings is 1. The molecule has 0 spiro atoms. The Morgan fingerprint density at radius 1 is 1.26 bits per heavy atom. The van der Waals surface area contributed by atoms with Gasteiger partial charge in [-0.05, 0) is 23.8 Å². The fourth-order valence-corrected chi connectivity index (χ4v) is 2.89. The van der Waals surface area contributed by atoms with Gasteiger partial charge in [0.25, 0.3) is 0 Å².